The summed E-state index contributed by atoms with van der Waals surface area (Å²) < 4.78 is 3.20. The maximum Gasteiger partial charge on any atom is 0.278 e. The minimum atomic E-state index is -0.995. The van der Waals surface area contributed by atoms with Crippen LogP contribution in [0, 0.1) is 6.92 Å². The number of hydrogen-bond donors (Lipinski definition) is 2. The van der Waals surface area contributed by atoms with Gasteiger partial charge in [-0.2, -0.15) is 4.98 Å². The number of anilines is 2. The first-order chi connectivity index (χ1) is 15.4. The number of rotatable bonds is 5. The van der Waals surface area contributed by atoms with Gasteiger partial charge in [-0.3, -0.25) is 4.79 Å². The molecule has 2 N–H and O–H groups in total. The molecular formula is C24H24N6O2. The van der Waals surface area contributed by atoms with Crippen LogP contribution in [0.4, 0.5) is 11.6 Å². The quantitative estimate of drug-likeness (QED) is 0.473. The highest BCUT2D eigenvalue weighted by atomic mass is 16.3. The molecule has 1 aliphatic carbocycles. The standard InChI is InChI=1S/C24H24N6O2/c1-4-13-29-22(31)18-14-25-23(26-17-8-5-15(2)6-9-17)28-21(18)30(29)19-10-7-16-11-12-24(3,32)20(16)27-19/h4-10,14,32H,1,11-13H2,2-3H3,(H,25,26,28)/t24-/m1/s1. The number of aliphatic hydroxyl groups is 1. The minimum Gasteiger partial charge on any atom is -0.384 e. The van der Waals surface area contributed by atoms with E-state index in [1.54, 1.807) is 17.7 Å². The number of nitrogens with one attached hydrogen (secondary N) is 1. The lowest BCUT2D eigenvalue weighted by Crippen LogP contribution is -2.24. The smallest absolute Gasteiger partial charge is 0.278 e. The van der Waals surface area contributed by atoms with E-state index in [-0.39, 0.29) is 12.1 Å². The maximum atomic E-state index is 13.1. The first kappa shape index (κ1) is 20.1. The van der Waals surface area contributed by atoms with Gasteiger partial charge in [-0.1, -0.05) is 29.8 Å². The van der Waals surface area contributed by atoms with Gasteiger partial charge >= 0.3 is 0 Å². The normalized spacial score (nSPS) is 17.5. The monoisotopic (exact) mass is 428 g/mol. The third kappa shape index (κ3) is 3.29. The van der Waals surface area contributed by atoms with Crippen LogP contribution in [-0.4, -0.2) is 29.4 Å². The Kier molecular flexibility index (Phi) is 4.67. The number of aryl methyl sites for hydroxylation is 2. The lowest BCUT2D eigenvalue weighted by atomic mass is 10.0. The van der Waals surface area contributed by atoms with Crippen LogP contribution in [0.5, 0.6) is 0 Å². The molecule has 0 radical (unpaired) electrons. The average molecular weight is 428 g/mol. The van der Waals surface area contributed by atoms with Crippen LogP contribution in [0.1, 0.15) is 30.2 Å². The SMILES string of the molecule is C=CCn1c(=O)c2cnc(Nc3ccc(C)cc3)nc2n1-c1ccc2c(n1)[C@](C)(O)CC2. The zero-order valence-corrected chi connectivity index (χ0v) is 18.0. The zero-order valence-electron chi connectivity index (χ0n) is 18.0. The number of pyridine rings is 1. The molecule has 1 aliphatic rings. The minimum absolute atomic E-state index is 0.226. The second kappa shape index (κ2) is 7.42. The Labute approximate surface area is 184 Å². The lowest BCUT2D eigenvalue weighted by Gasteiger charge is -2.18. The van der Waals surface area contributed by atoms with Crippen LogP contribution in [-0.2, 0) is 18.6 Å². The van der Waals surface area contributed by atoms with E-state index in [0.29, 0.717) is 34.9 Å². The molecule has 32 heavy (non-hydrogen) atoms. The Morgan fingerprint density at radius 1 is 1.22 bits per heavy atom. The van der Waals surface area contributed by atoms with Crippen molar-refractivity contribution >= 4 is 22.7 Å². The van der Waals surface area contributed by atoms with Gasteiger partial charge in [0.15, 0.2) is 11.5 Å². The van der Waals surface area contributed by atoms with Crippen molar-refractivity contribution < 1.29 is 5.11 Å². The maximum absolute atomic E-state index is 13.1. The Hall–Kier alpha value is -3.78. The number of aromatic nitrogens is 5. The molecule has 3 heterocycles. The summed E-state index contributed by atoms with van der Waals surface area (Å²) in [5.41, 5.74) is 2.88. The van der Waals surface area contributed by atoms with E-state index in [4.69, 9.17) is 4.98 Å². The van der Waals surface area contributed by atoms with Gasteiger partial charge < -0.3 is 10.4 Å². The van der Waals surface area contributed by atoms with Crippen molar-refractivity contribution in [2.24, 2.45) is 0 Å². The van der Waals surface area contributed by atoms with Gasteiger partial charge in [0.25, 0.3) is 5.56 Å². The molecule has 1 aromatic carbocycles. The van der Waals surface area contributed by atoms with E-state index in [1.807, 2.05) is 43.3 Å². The highest BCUT2D eigenvalue weighted by Gasteiger charge is 2.34. The van der Waals surface area contributed by atoms with E-state index in [9.17, 15) is 9.90 Å². The van der Waals surface area contributed by atoms with Crippen molar-refractivity contribution in [2.45, 2.75) is 38.8 Å². The third-order valence-electron chi connectivity index (χ3n) is 5.86. The van der Waals surface area contributed by atoms with E-state index in [1.165, 1.54) is 10.9 Å². The van der Waals surface area contributed by atoms with Gasteiger partial charge in [0.1, 0.15) is 11.0 Å². The summed E-state index contributed by atoms with van der Waals surface area (Å²) >= 11 is 0. The van der Waals surface area contributed by atoms with Gasteiger partial charge in [0.2, 0.25) is 5.95 Å². The molecule has 0 saturated heterocycles. The topological polar surface area (TPSA) is 97.9 Å². The van der Waals surface area contributed by atoms with Gasteiger partial charge in [0.05, 0.1) is 12.2 Å². The van der Waals surface area contributed by atoms with Gasteiger partial charge in [-0.05, 0) is 50.5 Å². The van der Waals surface area contributed by atoms with Gasteiger partial charge in [-0.25, -0.2) is 19.3 Å². The van der Waals surface area contributed by atoms with Crippen molar-refractivity contribution in [2.75, 3.05) is 5.32 Å². The number of hydrogen-bond acceptors (Lipinski definition) is 6. The second-order valence-corrected chi connectivity index (χ2v) is 8.36. The molecule has 0 saturated carbocycles. The number of allylic oxidation sites excluding steroid dienone is 1. The zero-order chi connectivity index (χ0) is 22.5. The summed E-state index contributed by atoms with van der Waals surface area (Å²) in [6.07, 6.45) is 4.58. The highest BCUT2D eigenvalue weighted by Crippen LogP contribution is 2.35. The van der Waals surface area contributed by atoms with Crippen molar-refractivity contribution in [3.8, 4) is 5.82 Å². The van der Waals surface area contributed by atoms with E-state index < -0.39 is 5.60 Å². The van der Waals surface area contributed by atoms with E-state index >= 15 is 0 Å². The molecule has 0 aliphatic heterocycles. The highest BCUT2D eigenvalue weighted by molar-refractivity contribution is 5.77. The Morgan fingerprint density at radius 2 is 2.00 bits per heavy atom. The molecule has 0 amide bonds. The number of benzene rings is 1. The van der Waals surface area contributed by atoms with E-state index in [2.05, 4.69) is 21.9 Å². The molecule has 0 bridgehead atoms. The lowest BCUT2D eigenvalue weighted by molar-refractivity contribution is 0.0553. The van der Waals surface area contributed by atoms with Crippen molar-refractivity contribution in [3.63, 3.8) is 0 Å². The second-order valence-electron chi connectivity index (χ2n) is 8.36. The van der Waals surface area contributed by atoms with E-state index in [0.717, 1.165) is 23.2 Å². The first-order valence-corrected chi connectivity index (χ1v) is 10.5. The summed E-state index contributed by atoms with van der Waals surface area (Å²) in [7, 11) is 0. The predicted octanol–water partition coefficient (Wildman–Crippen LogP) is 3.37. The van der Waals surface area contributed by atoms with Crippen LogP contribution < -0.4 is 10.9 Å². The molecule has 1 atom stereocenters. The largest absolute Gasteiger partial charge is 0.384 e. The summed E-state index contributed by atoms with van der Waals surface area (Å²) in [5.74, 6) is 0.888. The molecule has 162 valence electrons. The summed E-state index contributed by atoms with van der Waals surface area (Å²) in [5, 5.41) is 14.3. The third-order valence-corrected chi connectivity index (χ3v) is 5.86. The molecule has 0 unspecified atom stereocenters. The molecule has 8 nitrogen and oxygen atoms in total. The predicted molar refractivity (Wildman–Crippen MR) is 123 cm³/mol. The van der Waals surface area contributed by atoms with Gasteiger partial charge in [-0.15, -0.1) is 6.58 Å². The fourth-order valence-corrected chi connectivity index (χ4v) is 4.13. The van der Waals surface area contributed by atoms with Crippen LogP contribution >= 0.6 is 0 Å². The number of nitrogens with zero attached hydrogens (tertiary/aromatic N) is 5. The molecular weight excluding hydrogens is 404 g/mol. The van der Waals surface area contributed by atoms with Crippen LogP contribution in [0.2, 0.25) is 0 Å². The van der Waals surface area contributed by atoms with Crippen molar-refractivity contribution in [3.05, 3.63) is 82.4 Å². The Morgan fingerprint density at radius 3 is 2.75 bits per heavy atom. The summed E-state index contributed by atoms with van der Waals surface area (Å²) in [6, 6.07) is 11.7. The fraction of sp³-hybridized carbons (Fsp3) is 0.250. The molecule has 0 fully saturated rings. The molecule has 5 rings (SSSR count). The summed E-state index contributed by atoms with van der Waals surface area (Å²) in [6.45, 7) is 7.86. The molecule has 4 aromatic rings. The van der Waals surface area contributed by atoms with Gasteiger partial charge in [0, 0.05) is 11.9 Å². The fourth-order valence-electron chi connectivity index (χ4n) is 4.13. The molecule has 8 heteroatoms. The summed E-state index contributed by atoms with van der Waals surface area (Å²) in [4.78, 5) is 26.8. The van der Waals surface area contributed by atoms with Crippen LogP contribution in [0.15, 0.2) is 60.0 Å². The van der Waals surface area contributed by atoms with Crippen molar-refractivity contribution in [1.82, 2.24) is 24.3 Å². The first-order valence-electron chi connectivity index (χ1n) is 10.5. The average Bonchev–Trinajstić information content (AvgIpc) is 3.23. The number of fused-ring (bicyclic) bond motifs is 2. The van der Waals surface area contributed by atoms with Crippen molar-refractivity contribution in [1.29, 1.82) is 0 Å². The molecule has 0 spiro atoms. The Balaban J connectivity index is 1.68. The Bertz CT molecular complexity index is 1400. The van der Waals surface area contributed by atoms with Crippen LogP contribution in [0.25, 0.3) is 16.9 Å². The van der Waals surface area contributed by atoms with Crippen LogP contribution in [0.3, 0.4) is 0 Å². The molecule has 3 aromatic heterocycles.